The largest absolute Gasteiger partial charge is 0.444 e. The highest BCUT2D eigenvalue weighted by Gasteiger charge is 2.22. The first kappa shape index (κ1) is 21.7. The molecule has 1 heterocycles. The minimum absolute atomic E-state index is 0.0237. The summed E-state index contributed by atoms with van der Waals surface area (Å²) >= 11 is 0. The van der Waals surface area contributed by atoms with Gasteiger partial charge in [-0.3, -0.25) is 10.1 Å². The highest BCUT2D eigenvalue weighted by atomic mass is 16.6. The predicted octanol–water partition coefficient (Wildman–Crippen LogP) is 4.71. The van der Waals surface area contributed by atoms with E-state index in [1.807, 2.05) is 34.6 Å². The summed E-state index contributed by atoms with van der Waals surface area (Å²) in [7, 11) is 0. The van der Waals surface area contributed by atoms with Crippen LogP contribution in [0.2, 0.25) is 0 Å². The molecule has 0 atom stereocenters. The molecule has 26 heavy (non-hydrogen) atoms. The Bertz CT molecular complexity index is 618. The van der Waals surface area contributed by atoms with E-state index in [1.54, 1.807) is 17.0 Å². The second-order valence-electron chi connectivity index (χ2n) is 7.76. The van der Waals surface area contributed by atoms with Crippen LogP contribution in [-0.2, 0) is 4.74 Å². The summed E-state index contributed by atoms with van der Waals surface area (Å²) in [6, 6.07) is 4.84. The lowest BCUT2D eigenvalue weighted by Crippen LogP contribution is -2.39. The average Bonchev–Trinajstić information content (AvgIpc) is 2.54. The van der Waals surface area contributed by atoms with Gasteiger partial charge in [-0.2, -0.15) is 0 Å². The number of nitro groups is 1. The Morgan fingerprint density at radius 2 is 1.81 bits per heavy atom. The van der Waals surface area contributed by atoms with Crippen LogP contribution >= 0.6 is 0 Å². The van der Waals surface area contributed by atoms with Crippen LogP contribution in [0.25, 0.3) is 0 Å². The summed E-state index contributed by atoms with van der Waals surface area (Å²) in [5, 5.41) is 10.4. The van der Waals surface area contributed by atoms with Gasteiger partial charge in [0.15, 0.2) is 0 Å². The number of nitrogens with zero attached hydrogens (tertiary/aromatic N) is 2. The van der Waals surface area contributed by atoms with Crippen molar-refractivity contribution < 1.29 is 14.5 Å². The van der Waals surface area contributed by atoms with Crippen LogP contribution < -0.4 is 5.73 Å². The fraction of sp³-hybridized carbons (Fsp3) is 0.632. The molecular weight excluding hydrogens is 334 g/mol. The van der Waals surface area contributed by atoms with E-state index in [0.717, 1.165) is 31.5 Å². The van der Waals surface area contributed by atoms with Crippen LogP contribution in [0.5, 0.6) is 0 Å². The van der Waals surface area contributed by atoms with Crippen LogP contribution in [0.4, 0.5) is 16.2 Å². The maximum Gasteiger partial charge on any atom is 0.410 e. The zero-order chi connectivity index (χ0) is 19.9. The smallest absolute Gasteiger partial charge is 0.410 e. The van der Waals surface area contributed by atoms with Crippen LogP contribution in [0.3, 0.4) is 0 Å². The molecule has 1 aliphatic heterocycles. The number of hydrogen-bond acceptors (Lipinski definition) is 5. The summed E-state index contributed by atoms with van der Waals surface area (Å²) in [6.07, 6.45) is 3.30. The van der Waals surface area contributed by atoms with Crippen molar-refractivity contribution in [1.82, 2.24) is 4.90 Å². The third kappa shape index (κ3) is 7.29. The lowest BCUT2D eigenvalue weighted by atomic mass is 10.0. The van der Waals surface area contributed by atoms with E-state index in [-0.39, 0.29) is 23.1 Å². The second-order valence-corrected chi connectivity index (χ2v) is 7.76. The normalized spacial score (nSPS) is 14.5. The van der Waals surface area contributed by atoms with Gasteiger partial charge in [0.1, 0.15) is 11.3 Å². The van der Waals surface area contributed by atoms with Crippen molar-refractivity contribution >= 4 is 17.5 Å². The number of ether oxygens (including phenoxy) is 1. The van der Waals surface area contributed by atoms with E-state index < -0.39 is 4.92 Å². The molecule has 7 heteroatoms. The predicted molar refractivity (Wildman–Crippen MR) is 103 cm³/mol. The highest BCUT2D eigenvalue weighted by molar-refractivity contribution is 5.68. The van der Waals surface area contributed by atoms with Crippen molar-refractivity contribution in [1.29, 1.82) is 0 Å². The van der Waals surface area contributed by atoms with E-state index in [0.29, 0.717) is 5.92 Å². The first-order valence-electron chi connectivity index (χ1n) is 9.03. The van der Waals surface area contributed by atoms with E-state index >= 15 is 0 Å². The SMILES string of the molecule is CC(C)(C)OC(=O)N1CCCCC1.CC(C)c1ccc([N+](=O)[O-])c(N)c1. The van der Waals surface area contributed by atoms with Crippen molar-refractivity contribution in [3.05, 3.63) is 33.9 Å². The topological polar surface area (TPSA) is 98.7 Å². The van der Waals surface area contributed by atoms with E-state index in [4.69, 9.17) is 10.5 Å². The molecule has 0 radical (unpaired) electrons. The number of piperidine rings is 1. The van der Waals surface area contributed by atoms with Gasteiger partial charge in [0, 0.05) is 19.2 Å². The first-order chi connectivity index (χ1) is 12.0. The lowest BCUT2D eigenvalue weighted by molar-refractivity contribution is -0.383. The zero-order valence-electron chi connectivity index (χ0n) is 16.4. The molecule has 0 unspecified atom stereocenters. The van der Waals surface area contributed by atoms with Gasteiger partial charge in [0.25, 0.3) is 5.69 Å². The standard InChI is InChI=1S/C10H19NO2.C9H12N2O2/c1-10(2,3)13-9(12)11-7-5-4-6-8-11;1-6(2)7-3-4-9(11(12)13)8(10)5-7/h4-8H2,1-3H3;3-6H,10H2,1-2H3. The molecule has 7 nitrogen and oxygen atoms in total. The second kappa shape index (κ2) is 9.40. The molecule has 0 saturated carbocycles. The number of anilines is 1. The minimum Gasteiger partial charge on any atom is -0.444 e. The number of nitrogens with two attached hydrogens (primary N) is 1. The van der Waals surface area contributed by atoms with Crippen molar-refractivity contribution in [2.24, 2.45) is 0 Å². The molecule has 1 aromatic rings. The van der Waals surface area contributed by atoms with E-state index in [1.165, 1.54) is 12.5 Å². The molecule has 1 aromatic carbocycles. The number of amides is 1. The highest BCUT2D eigenvalue weighted by Crippen LogP contribution is 2.25. The Morgan fingerprint density at radius 1 is 1.23 bits per heavy atom. The van der Waals surface area contributed by atoms with Crippen molar-refractivity contribution in [2.45, 2.75) is 65.4 Å². The maximum atomic E-state index is 11.5. The number of carbonyl (C=O) groups is 1. The fourth-order valence-electron chi connectivity index (χ4n) is 2.50. The molecule has 1 saturated heterocycles. The first-order valence-corrected chi connectivity index (χ1v) is 9.03. The van der Waals surface area contributed by atoms with Gasteiger partial charge in [-0.1, -0.05) is 19.9 Å². The van der Waals surface area contributed by atoms with Gasteiger partial charge in [-0.05, 0) is 57.6 Å². The Balaban J connectivity index is 0.000000260. The van der Waals surface area contributed by atoms with E-state index in [9.17, 15) is 14.9 Å². The monoisotopic (exact) mass is 365 g/mol. The fourth-order valence-corrected chi connectivity index (χ4v) is 2.50. The molecule has 1 aliphatic rings. The maximum absolute atomic E-state index is 11.5. The summed E-state index contributed by atoms with van der Waals surface area (Å²) in [5.41, 5.74) is 6.38. The minimum atomic E-state index is -0.473. The number of carbonyl (C=O) groups excluding carboxylic acids is 1. The van der Waals surface area contributed by atoms with E-state index in [2.05, 4.69) is 0 Å². The van der Waals surface area contributed by atoms with Crippen LogP contribution in [0.1, 0.15) is 65.4 Å². The zero-order valence-corrected chi connectivity index (χ0v) is 16.4. The van der Waals surface area contributed by atoms with Gasteiger partial charge >= 0.3 is 6.09 Å². The van der Waals surface area contributed by atoms with Crippen LogP contribution in [-0.4, -0.2) is 34.6 Å². The molecule has 146 valence electrons. The molecule has 2 rings (SSSR count). The molecule has 0 aromatic heterocycles. The van der Waals surface area contributed by atoms with Crippen molar-refractivity contribution in [3.63, 3.8) is 0 Å². The van der Waals surface area contributed by atoms with Gasteiger partial charge < -0.3 is 15.4 Å². The molecule has 2 N–H and O–H groups in total. The van der Waals surface area contributed by atoms with Gasteiger partial charge in [0.05, 0.1) is 4.92 Å². The number of rotatable bonds is 2. The summed E-state index contributed by atoms with van der Waals surface area (Å²) in [5.74, 6) is 0.336. The summed E-state index contributed by atoms with van der Waals surface area (Å²) in [6.45, 7) is 11.4. The number of benzene rings is 1. The number of nitro benzene ring substituents is 1. The Labute approximate surface area is 155 Å². The van der Waals surface area contributed by atoms with Gasteiger partial charge in [-0.15, -0.1) is 0 Å². The molecule has 1 fully saturated rings. The number of nitrogen functional groups attached to an aromatic ring is 1. The van der Waals surface area contributed by atoms with Gasteiger partial charge in [0.2, 0.25) is 0 Å². The molecular formula is C19H31N3O4. The Morgan fingerprint density at radius 3 is 2.23 bits per heavy atom. The molecule has 1 amide bonds. The molecule has 0 spiro atoms. The van der Waals surface area contributed by atoms with Crippen molar-refractivity contribution in [2.75, 3.05) is 18.8 Å². The van der Waals surface area contributed by atoms with Crippen LogP contribution in [0, 0.1) is 10.1 Å². The van der Waals surface area contributed by atoms with Crippen LogP contribution in [0.15, 0.2) is 18.2 Å². The third-order valence-electron chi connectivity index (χ3n) is 3.92. The number of likely N-dealkylation sites (tertiary alicyclic amines) is 1. The quantitative estimate of drug-likeness (QED) is 0.465. The molecule has 0 bridgehead atoms. The summed E-state index contributed by atoms with van der Waals surface area (Å²) in [4.78, 5) is 23.3. The Hall–Kier alpha value is -2.31. The lowest BCUT2D eigenvalue weighted by Gasteiger charge is -2.29. The van der Waals surface area contributed by atoms with Crippen molar-refractivity contribution in [3.8, 4) is 0 Å². The molecule has 0 aliphatic carbocycles. The third-order valence-corrected chi connectivity index (χ3v) is 3.92. The number of hydrogen-bond donors (Lipinski definition) is 1. The Kier molecular flexibility index (Phi) is 7.86. The van der Waals surface area contributed by atoms with Gasteiger partial charge in [-0.25, -0.2) is 4.79 Å². The average molecular weight is 365 g/mol. The summed E-state index contributed by atoms with van der Waals surface area (Å²) < 4.78 is 5.26.